The van der Waals surface area contributed by atoms with Crippen LogP contribution in [0.3, 0.4) is 0 Å². The second-order valence-corrected chi connectivity index (χ2v) is 0.873. The van der Waals surface area contributed by atoms with Gasteiger partial charge < -0.3 is 0 Å². The van der Waals surface area contributed by atoms with Crippen molar-refractivity contribution in [1.29, 1.82) is 0 Å². The normalized spacial score (nSPS) is 5.75. The van der Waals surface area contributed by atoms with Crippen molar-refractivity contribution in [2.24, 2.45) is 0 Å². The summed E-state index contributed by atoms with van der Waals surface area (Å²) in [5.74, 6) is 0. The molecular weight excluding hydrogens is 87.9 g/mol. The molecule has 2 heteroatoms. The van der Waals surface area contributed by atoms with Crippen LogP contribution in [0.4, 0.5) is 0 Å². The van der Waals surface area contributed by atoms with Gasteiger partial charge in [-0.3, -0.25) is 0 Å². The van der Waals surface area contributed by atoms with Gasteiger partial charge in [-0.15, -0.1) is 0 Å². The molecule has 0 unspecified atom stereocenters. The van der Waals surface area contributed by atoms with Gasteiger partial charge in [-0.1, -0.05) is 0 Å². The van der Waals surface area contributed by atoms with Crippen LogP contribution in [0.25, 0.3) is 0 Å². The van der Waals surface area contributed by atoms with Crippen LogP contribution in [0.2, 0.25) is 4.73 Å². The molecule has 1 radical (unpaired) electrons. The van der Waals surface area contributed by atoms with Gasteiger partial charge in [0.25, 0.3) is 0 Å². The fraction of sp³-hybridized carbons (Fsp3) is 0.500. The molecule has 0 aromatic carbocycles. The molecule has 0 aromatic rings. The molecule has 0 aromatic heterocycles. The van der Waals surface area contributed by atoms with Gasteiger partial charge in [0.2, 0.25) is 0 Å². The van der Waals surface area contributed by atoms with Gasteiger partial charge in [-0.25, -0.2) is 0 Å². The van der Waals surface area contributed by atoms with Gasteiger partial charge in [-0.2, -0.15) is 0 Å². The van der Waals surface area contributed by atoms with Crippen LogP contribution in [-0.4, -0.2) is 6.29 Å². The number of carbonyl (C=O) groups excluding carboxylic acids is 1. The van der Waals surface area contributed by atoms with E-state index in [4.69, 9.17) is 4.79 Å². The number of hydrogen-bond donors (Lipinski definition) is 0. The molecule has 0 aliphatic heterocycles. The Morgan fingerprint density at radius 3 is 2.25 bits per heavy atom. The SMILES string of the molecule is O=[C][CH2][Ti]. The van der Waals surface area contributed by atoms with E-state index in [0.29, 0.717) is 4.73 Å². The summed E-state index contributed by atoms with van der Waals surface area (Å²) in [6.45, 7) is 0. The Labute approximate surface area is 36.8 Å². The molecule has 0 amide bonds. The third-order valence-electron chi connectivity index (χ3n) is 0.0722. The summed E-state index contributed by atoms with van der Waals surface area (Å²) in [5, 5.41) is 0. The molecule has 0 spiro atoms. The molecule has 0 rings (SSSR count). The summed E-state index contributed by atoms with van der Waals surface area (Å²) in [6, 6.07) is 0. The third-order valence-corrected chi connectivity index (χ3v) is 0.298. The van der Waals surface area contributed by atoms with Crippen molar-refractivity contribution < 1.29 is 25.2 Å². The average molecular weight is 89.9 g/mol. The summed E-state index contributed by atoms with van der Waals surface area (Å²) in [6.07, 6.45) is 1.68. The van der Waals surface area contributed by atoms with E-state index in [9.17, 15) is 0 Å². The number of hydrogen-bond acceptors (Lipinski definition) is 1. The molecule has 0 saturated carbocycles. The first-order chi connectivity index (χ1) is 1.91. The maximum absolute atomic E-state index is 9.05. The Kier molecular flexibility index (Phi) is 3.71. The summed E-state index contributed by atoms with van der Waals surface area (Å²) >= 11 is 1.76. The third kappa shape index (κ3) is 2.38. The van der Waals surface area contributed by atoms with Gasteiger partial charge >= 0.3 is 36.2 Å². The van der Waals surface area contributed by atoms with Crippen molar-refractivity contribution in [2.75, 3.05) is 0 Å². The first kappa shape index (κ1) is 4.38. The molecule has 4 heavy (non-hydrogen) atoms. The van der Waals surface area contributed by atoms with Crippen LogP contribution >= 0.6 is 0 Å². The van der Waals surface area contributed by atoms with Crippen LogP contribution < -0.4 is 0 Å². The molecular formula is C2H2OTi. The van der Waals surface area contributed by atoms with E-state index in [1.807, 2.05) is 0 Å². The first-order valence-corrected chi connectivity index (χ1v) is 2.02. The molecule has 0 N–H and O–H groups in total. The molecule has 0 aliphatic rings. The predicted molar refractivity (Wildman–Crippen MR) is 10.5 cm³/mol. The van der Waals surface area contributed by atoms with Crippen molar-refractivity contribution in [3.8, 4) is 0 Å². The topological polar surface area (TPSA) is 17.1 Å². The zero-order chi connectivity index (χ0) is 3.41. The van der Waals surface area contributed by atoms with Gasteiger partial charge in [0.15, 0.2) is 0 Å². The zero-order valence-corrected chi connectivity index (χ0v) is 3.68. The zero-order valence-electron chi connectivity index (χ0n) is 2.12. The van der Waals surface area contributed by atoms with Crippen molar-refractivity contribution in [3.63, 3.8) is 0 Å². The molecule has 0 fully saturated rings. The first-order valence-electron chi connectivity index (χ1n) is 0.911. The van der Waals surface area contributed by atoms with E-state index in [0.717, 1.165) is 0 Å². The van der Waals surface area contributed by atoms with E-state index in [1.165, 1.54) is 0 Å². The van der Waals surface area contributed by atoms with Crippen LogP contribution in [0.1, 0.15) is 0 Å². The van der Waals surface area contributed by atoms with Crippen molar-refractivity contribution in [2.45, 2.75) is 4.73 Å². The second-order valence-electron chi connectivity index (χ2n) is 0.321. The van der Waals surface area contributed by atoms with E-state index < -0.39 is 0 Å². The van der Waals surface area contributed by atoms with Crippen molar-refractivity contribution >= 4 is 6.29 Å². The summed E-state index contributed by atoms with van der Waals surface area (Å²) < 4.78 is 0.514. The quantitative estimate of drug-likeness (QED) is 0.416. The Bertz CT molecular complexity index is 20.0. The summed E-state index contributed by atoms with van der Waals surface area (Å²) in [7, 11) is 0. The Balaban J connectivity index is 2.30. The second kappa shape index (κ2) is 3.38. The van der Waals surface area contributed by atoms with Gasteiger partial charge in [0.05, 0.1) is 0 Å². The summed E-state index contributed by atoms with van der Waals surface area (Å²) in [5.41, 5.74) is 0. The Morgan fingerprint density at radius 2 is 2.25 bits per heavy atom. The van der Waals surface area contributed by atoms with E-state index >= 15 is 0 Å². The van der Waals surface area contributed by atoms with Gasteiger partial charge in [-0.05, 0) is 0 Å². The monoisotopic (exact) mass is 90.0 g/mol. The molecule has 0 saturated heterocycles. The Hall–Kier alpha value is 0.384. The fourth-order valence-corrected chi connectivity index (χ4v) is 0. The molecule has 0 atom stereocenters. The van der Waals surface area contributed by atoms with E-state index in [2.05, 4.69) is 0 Å². The van der Waals surface area contributed by atoms with E-state index in [-0.39, 0.29) is 0 Å². The van der Waals surface area contributed by atoms with Crippen LogP contribution in [0, 0.1) is 0 Å². The van der Waals surface area contributed by atoms with Gasteiger partial charge in [0.1, 0.15) is 0 Å². The molecule has 0 aliphatic carbocycles. The maximum atomic E-state index is 9.05. The van der Waals surface area contributed by atoms with Crippen molar-refractivity contribution in [1.82, 2.24) is 0 Å². The van der Waals surface area contributed by atoms with Crippen LogP contribution in [0.5, 0.6) is 0 Å². The van der Waals surface area contributed by atoms with Crippen LogP contribution in [0.15, 0.2) is 0 Å². The fourth-order valence-electron chi connectivity index (χ4n) is 0. The standard InChI is InChI=1S/C2H2O.Ti/c1-2-3;/h1H2;. The average Bonchev–Trinajstić information content (AvgIpc) is 1.37. The molecule has 0 heterocycles. The predicted octanol–water partition coefficient (Wildman–Crippen LogP) is 0.0612. The van der Waals surface area contributed by atoms with Gasteiger partial charge in [0, 0.05) is 0 Å². The Morgan fingerprint density at radius 1 is 2.00 bits per heavy atom. The van der Waals surface area contributed by atoms with Crippen LogP contribution in [-0.2, 0) is 25.2 Å². The molecule has 20 valence electrons. The molecule has 1 nitrogen and oxygen atoms in total. The van der Waals surface area contributed by atoms with E-state index in [1.54, 1.807) is 26.7 Å². The molecule has 0 bridgehead atoms. The summed E-state index contributed by atoms with van der Waals surface area (Å²) in [4.78, 5) is 9.05. The minimum atomic E-state index is 0.514. The minimum absolute atomic E-state index is 0.514. The number of rotatable bonds is 1. The van der Waals surface area contributed by atoms with Crippen molar-refractivity contribution in [3.05, 3.63) is 0 Å².